The molecule has 1 heterocycles. The minimum atomic E-state index is -1.16. The van der Waals surface area contributed by atoms with Crippen LogP contribution in [0.2, 0.25) is 0 Å². The lowest BCUT2D eigenvalue weighted by molar-refractivity contribution is -0.255. The fraction of sp³-hybridized carbons (Fsp3) is 0.375. The summed E-state index contributed by atoms with van der Waals surface area (Å²) in [5, 5.41) is 16.7. The van der Waals surface area contributed by atoms with E-state index in [1.165, 1.54) is 12.8 Å². The number of carboxylic acids is 1. The second-order valence-corrected chi connectivity index (χ2v) is 7.79. The summed E-state index contributed by atoms with van der Waals surface area (Å²) in [7, 11) is 3.23. The molecule has 0 aliphatic heterocycles. The molecule has 4 rings (SSSR count). The molecule has 158 valence electrons. The normalized spacial score (nSPS) is 14.3. The summed E-state index contributed by atoms with van der Waals surface area (Å²) in [6.45, 7) is 0.923. The number of hydrogen-bond acceptors (Lipinski definition) is 5. The van der Waals surface area contributed by atoms with Gasteiger partial charge in [-0.3, -0.25) is 0 Å². The number of fused-ring (bicyclic) bond motifs is 1. The molecule has 0 atom stereocenters. The van der Waals surface area contributed by atoms with Gasteiger partial charge in [0.15, 0.2) is 0 Å². The van der Waals surface area contributed by atoms with Crippen molar-refractivity contribution < 1.29 is 19.4 Å². The number of rotatable bonds is 8. The molecule has 1 saturated carbocycles. The van der Waals surface area contributed by atoms with Crippen LogP contribution in [0.1, 0.15) is 47.3 Å². The van der Waals surface area contributed by atoms with Crippen LogP contribution in [0, 0.1) is 0 Å². The quantitative estimate of drug-likeness (QED) is 0.621. The Hall–Kier alpha value is -2.99. The van der Waals surface area contributed by atoms with Crippen LogP contribution in [-0.4, -0.2) is 30.8 Å². The van der Waals surface area contributed by atoms with E-state index in [0.717, 1.165) is 40.6 Å². The molecular weight excluding hydrogens is 380 g/mol. The Bertz CT molecular complexity index is 1030. The van der Waals surface area contributed by atoms with E-state index in [1.54, 1.807) is 14.2 Å². The standard InChI is InChI=1S/C24H28N2O4/c1-29-18-9-7-16(8-10-18)15-26-22-13-19(30-2)11-12-20(22)21(23(26)24(27)28)14-25-17-5-3-4-6-17/h7-13,17,25H,3-6,14-15H2,1-2H3,(H,27,28)/p-1. The average molecular weight is 407 g/mol. The van der Waals surface area contributed by atoms with Crippen molar-refractivity contribution >= 4 is 16.9 Å². The van der Waals surface area contributed by atoms with Crippen LogP contribution < -0.4 is 19.9 Å². The number of nitrogens with zero attached hydrogens (tertiary/aromatic N) is 1. The maximum atomic E-state index is 12.2. The van der Waals surface area contributed by atoms with Gasteiger partial charge in [-0.15, -0.1) is 0 Å². The summed E-state index contributed by atoms with van der Waals surface area (Å²) in [5.41, 5.74) is 2.80. The topological polar surface area (TPSA) is 75.5 Å². The van der Waals surface area contributed by atoms with Gasteiger partial charge < -0.3 is 29.3 Å². The minimum Gasteiger partial charge on any atom is -0.543 e. The summed E-state index contributed by atoms with van der Waals surface area (Å²) in [4.78, 5) is 12.2. The number of nitrogens with one attached hydrogen (secondary N) is 1. The number of carbonyl (C=O) groups excluding carboxylic acids is 1. The molecule has 2 aromatic carbocycles. The zero-order chi connectivity index (χ0) is 21.1. The van der Waals surface area contributed by atoms with E-state index in [0.29, 0.717) is 24.9 Å². The molecule has 0 amide bonds. The van der Waals surface area contributed by atoms with Crippen LogP contribution in [-0.2, 0) is 13.1 Å². The SMILES string of the molecule is COc1ccc(Cn2c(C(=O)[O-])c(CNC3CCCC3)c3ccc(OC)cc32)cc1. The van der Waals surface area contributed by atoms with E-state index in [4.69, 9.17) is 9.47 Å². The van der Waals surface area contributed by atoms with Gasteiger partial charge in [0.2, 0.25) is 0 Å². The number of carboxylic acid groups (broad SMARTS) is 1. The van der Waals surface area contributed by atoms with Gasteiger partial charge in [0.05, 0.1) is 31.4 Å². The molecule has 30 heavy (non-hydrogen) atoms. The summed E-state index contributed by atoms with van der Waals surface area (Å²) >= 11 is 0. The first-order valence-corrected chi connectivity index (χ1v) is 10.4. The largest absolute Gasteiger partial charge is 0.543 e. The number of aromatic carboxylic acids is 1. The van der Waals surface area contributed by atoms with Crippen molar-refractivity contribution in [3.05, 3.63) is 59.3 Å². The first-order valence-electron chi connectivity index (χ1n) is 10.4. The molecule has 0 spiro atoms. The second-order valence-electron chi connectivity index (χ2n) is 7.79. The lowest BCUT2D eigenvalue weighted by Crippen LogP contribution is -2.30. The second kappa shape index (κ2) is 8.79. The summed E-state index contributed by atoms with van der Waals surface area (Å²) in [6.07, 6.45) is 4.72. The number of hydrogen-bond donors (Lipinski definition) is 1. The van der Waals surface area contributed by atoms with Crippen molar-refractivity contribution in [1.29, 1.82) is 0 Å². The van der Waals surface area contributed by atoms with Crippen molar-refractivity contribution in [2.24, 2.45) is 0 Å². The van der Waals surface area contributed by atoms with Gasteiger partial charge in [0, 0.05) is 36.1 Å². The van der Waals surface area contributed by atoms with E-state index >= 15 is 0 Å². The lowest BCUT2D eigenvalue weighted by atomic mass is 10.1. The van der Waals surface area contributed by atoms with E-state index in [-0.39, 0.29) is 5.69 Å². The minimum absolute atomic E-state index is 0.222. The highest BCUT2D eigenvalue weighted by atomic mass is 16.5. The molecular formula is C24H27N2O4-. The maximum absolute atomic E-state index is 12.2. The highest BCUT2D eigenvalue weighted by Gasteiger charge is 2.21. The molecule has 1 aliphatic rings. The Morgan fingerprint density at radius 1 is 1.07 bits per heavy atom. The number of methoxy groups -OCH3 is 2. The molecule has 6 nitrogen and oxygen atoms in total. The van der Waals surface area contributed by atoms with Crippen molar-refractivity contribution in [1.82, 2.24) is 9.88 Å². The Morgan fingerprint density at radius 3 is 2.37 bits per heavy atom. The highest BCUT2D eigenvalue weighted by Crippen LogP contribution is 2.31. The van der Waals surface area contributed by atoms with E-state index in [1.807, 2.05) is 47.0 Å². The fourth-order valence-corrected chi connectivity index (χ4v) is 4.39. The van der Waals surface area contributed by atoms with E-state index in [9.17, 15) is 9.90 Å². The summed E-state index contributed by atoms with van der Waals surface area (Å²) < 4.78 is 12.5. The summed E-state index contributed by atoms with van der Waals surface area (Å²) in [5.74, 6) is 0.289. The zero-order valence-corrected chi connectivity index (χ0v) is 17.4. The Labute approximate surface area is 176 Å². The van der Waals surface area contributed by atoms with Gasteiger partial charge >= 0.3 is 0 Å². The molecule has 1 N–H and O–H groups in total. The number of benzene rings is 2. The van der Waals surface area contributed by atoms with Crippen LogP contribution in [0.25, 0.3) is 10.9 Å². The highest BCUT2D eigenvalue weighted by molar-refractivity contribution is 5.98. The Balaban J connectivity index is 1.78. The average Bonchev–Trinajstić information content (AvgIpc) is 3.38. The molecule has 1 aliphatic carbocycles. The third-order valence-electron chi connectivity index (χ3n) is 5.99. The number of ether oxygens (including phenoxy) is 2. The van der Waals surface area contributed by atoms with Crippen LogP contribution in [0.3, 0.4) is 0 Å². The van der Waals surface area contributed by atoms with E-state index in [2.05, 4.69) is 5.32 Å². The van der Waals surface area contributed by atoms with Crippen LogP contribution in [0.15, 0.2) is 42.5 Å². The van der Waals surface area contributed by atoms with Gasteiger partial charge in [0.25, 0.3) is 0 Å². The molecule has 0 radical (unpaired) electrons. The maximum Gasteiger partial charge on any atom is 0.120 e. The van der Waals surface area contributed by atoms with E-state index < -0.39 is 5.97 Å². The molecule has 1 fully saturated rings. The van der Waals surface area contributed by atoms with Crippen molar-refractivity contribution in [2.45, 2.75) is 44.8 Å². The van der Waals surface area contributed by atoms with Gasteiger partial charge in [-0.2, -0.15) is 0 Å². The summed E-state index contributed by atoms with van der Waals surface area (Å²) in [6, 6.07) is 13.8. The Kier molecular flexibility index (Phi) is 5.95. The molecule has 1 aromatic heterocycles. The predicted molar refractivity (Wildman–Crippen MR) is 114 cm³/mol. The van der Waals surface area contributed by atoms with Crippen LogP contribution >= 0.6 is 0 Å². The van der Waals surface area contributed by atoms with Gasteiger partial charge in [0.1, 0.15) is 11.5 Å². The Morgan fingerprint density at radius 2 is 1.73 bits per heavy atom. The molecule has 6 heteroatoms. The molecule has 0 bridgehead atoms. The first kappa shape index (κ1) is 20.3. The monoisotopic (exact) mass is 407 g/mol. The first-order chi connectivity index (χ1) is 14.6. The van der Waals surface area contributed by atoms with Crippen LogP contribution in [0.4, 0.5) is 0 Å². The van der Waals surface area contributed by atoms with Crippen LogP contribution in [0.5, 0.6) is 11.5 Å². The van der Waals surface area contributed by atoms with Gasteiger partial charge in [-0.05, 0) is 42.7 Å². The zero-order valence-electron chi connectivity index (χ0n) is 17.4. The number of carbonyl (C=O) groups is 1. The fourth-order valence-electron chi connectivity index (χ4n) is 4.39. The van der Waals surface area contributed by atoms with Crippen molar-refractivity contribution in [3.8, 4) is 11.5 Å². The molecule has 3 aromatic rings. The molecule has 0 saturated heterocycles. The number of aromatic nitrogens is 1. The van der Waals surface area contributed by atoms with Gasteiger partial charge in [-0.1, -0.05) is 25.0 Å². The molecule has 0 unspecified atom stereocenters. The third kappa shape index (κ3) is 4.00. The third-order valence-corrected chi connectivity index (χ3v) is 5.99. The van der Waals surface area contributed by atoms with Crippen molar-refractivity contribution in [2.75, 3.05) is 14.2 Å². The van der Waals surface area contributed by atoms with Crippen molar-refractivity contribution in [3.63, 3.8) is 0 Å². The van der Waals surface area contributed by atoms with Gasteiger partial charge in [-0.25, -0.2) is 0 Å². The lowest BCUT2D eigenvalue weighted by Gasteiger charge is -2.16. The smallest absolute Gasteiger partial charge is 0.120 e. The predicted octanol–water partition coefficient (Wildman–Crippen LogP) is 3.10.